The summed E-state index contributed by atoms with van der Waals surface area (Å²) in [5.74, 6) is 0.707. The molecule has 2 N–H and O–H groups in total. The van der Waals surface area contributed by atoms with Crippen LogP contribution in [0, 0.1) is 36.0 Å². The number of aliphatic hydroxyl groups excluding tert-OH is 2. The molecule has 4 fully saturated rings. The molecule has 0 spiro atoms. The first-order chi connectivity index (χ1) is 14.5. The summed E-state index contributed by atoms with van der Waals surface area (Å²) in [5, 5.41) is 25.6. The van der Waals surface area contributed by atoms with Crippen LogP contribution < -0.4 is 0 Å². The predicted octanol–water partition coefficient (Wildman–Crippen LogP) is 1.86. The van der Waals surface area contributed by atoms with Crippen LogP contribution >= 0.6 is 0 Å². The average molecular weight is 417 g/mol. The van der Waals surface area contributed by atoms with Crippen molar-refractivity contribution < 1.29 is 24.6 Å². The fraction of sp³-hybridized carbons (Fsp3) is 0.783. The Labute approximate surface area is 177 Å². The molecule has 0 aromatic heterocycles. The van der Waals surface area contributed by atoms with Crippen molar-refractivity contribution in [1.82, 2.24) is 4.90 Å². The lowest BCUT2D eigenvalue weighted by atomic mass is 9.60. The summed E-state index contributed by atoms with van der Waals surface area (Å²) in [7, 11) is 0. The van der Waals surface area contributed by atoms with Gasteiger partial charge in [0, 0.05) is 30.7 Å². The van der Waals surface area contributed by atoms with Crippen molar-refractivity contribution in [2.24, 2.45) is 28.8 Å². The van der Waals surface area contributed by atoms with Crippen LogP contribution in [0.25, 0.3) is 0 Å². The molecule has 0 unspecified atom stereocenters. The first kappa shape index (κ1) is 21.3. The van der Waals surface area contributed by atoms with Gasteiger partial charge in [0.1, 0.15) is 6.61 Å². The third-order valence-electron chi connectivity index (χ3n) is 7.49. The number of terminal acetylenes is 1. The highest BCUT2D eigenvalue weighted by Crippen LogP contribution is 2.50. The standard InChI is InChI=1S/C23H32N2O5/c1-2-3-7-12-30-24-17-13-18(26)21(27)19-15(17)10-11-16-20(19)23(29)25(22(16)28)14-8-5-4-6-9-14/h1,14-16,18-21,26-27H,3-13H2/t15-,16+,18+,19+,20+,21-/m0/s1. The van der Waals surface area contributed by atoms with Crippen molar-refractivity contribution >= 4 is 17.5 Å². The van der Waals surface area contributed by atoms with E-state index >= 15 is 0 Å². The summed E-state index contributed by atoms with van der Waals surface area (Å²) in [6.07, 6.45) is 11.0. The molecule has 2 amide bonds. The van der Waals surface area contributed by atoms with Crippen molar-refractivity contribution in [3.63, 3.8) is 0 Å². The molecule has 0 radical (unpaired) electrons. The molecular weight excluding hydrogens is 384 g/mol. The zero-order chi connectivity index (χ0) is 21.3. The summed E-state index contributed by atoms with van der Waals surface area (Å²) >= 11 is 0. The first-order valence-corrected chi connectivity index (χ1v) is 11.4. The highest BCUT2D eigenvalue weighted by molar-refractivity contribution is 6.06. The zero-order valence-corrected chi connectivity index (χ0v) is 17.4. The van der Waals surface area contributed by atoms with Gasteiger partial charge in [-0.25, -0.2) is 0 Å². The van der Waals surface area contributed by atoms with E-state index < -0.39 is 30.0 Å². The number of hydrogen-bond donors (Lipinski definition) is 2. The van der Waals surface area contributed by atoms with Crippen LogP contribution in [0.1, 0.15) is 64.2 Å². The van der Waals surface area contributed by atoms with Gasteiger partial charge >= 0.3 is 0 Å². The van der Waals surface area contributed by atoms with E-state index in [9.17, 15) is 19.8 Å². The van der Waals surface area contributed by atoms with Crippen LogP contribution in [0.3, 0.4) is 0 Å². The number of rotatable bonds is 5. The Balaban J connectivity index is 1.55. The fourth-order valence-electron chi connectivity index (χ4n) is 6.06. The van der Waals surface area contributed by atoms with E-state index in [1.165, 1.54) is 4.90 Å². The number of imide groups is 1. The summed E-state index contributed by atoms with van der Waals surface area (Å²) < 4.78 is 0. The molecule has 0 aromatic rings. The quantitative estimate of drug-likeness (QED) is 0.308. The SMILES string of the molecule is C#CCCCON=C1C[C@@H](O)[C@H](O)[C@H]2[C@@H]3C(=O)N(C4CCCCC4)C(=O)[C@@H]3CC[C@@H]12. The van der Waals surface area contributed by atoms with E-state index in [4.69, 9.17) is 11.3 Å². The number of fused-ring (bicyclic) bond motifs is 3. The smallest absolute Gasteiger partial charge is 0.233 e. The summed E-state index contributed by atoms with van der Waals surface area (Å²) in [5.41, 5.74) is 0.688. The van der Waals surface area contributed by atoms with E-state index in [1.54, 1.807) is 0 Å². The van der Waals surface area contributed by atoms with Gasteiger partial charge in [-0.1, -0.05) is 24.4 Å². The van der Waals surface area contributed by atoms with Gasteiger partial charge < -0.3 is 15.1 Å². The Bertz CT molecular complexity index is 738. The van der Waals surface area contributed by atoms with Gasteiger partial charge in [-0.15, -0.1) is 12.3 Å². The van der Waals surface area contributed by atoms with Gasteiger partial charge in [0.2, 0.25) is 11.8 Å². The topological polar surface area (TPSA) is 99.4 Å². The lowest BCUT2D eigenvalue weighted by molar-refractivity contribution is -0.145. The zero-order valence-electron chi connectivity index (χ0n) is 17.4. The Hall–Kier alpha value is -1.91. The number of likely N-dealkylation sites (tertiary alicyclic amines) is 1. The number of carbonyl (C=O) groups is 2. The molecule has 1 saturated heterocycles. The molecular formula is C23H32N2O5. The molecule has 164 valence electrons. The lowest BCUT2D eigenvalue weighted by Gasteiger charge is -2.45. The third kappa shape index (κ3) is 3.76. The second-order valence-corrected chi connectivity index (χ2v) is 9.22. The first-order valence-electron chi connectivity index (χ1n) is 11.4. The molecule has 1 heterocycles. The number of unbranched alkanes of at least 4 members (excludes halogenated alkanes) is 1. The number of hydrogen-bond acceptors (Lipinski definition) is 6. The molecule has 6 atom stereocenters. The molecule has 3 saturated carbocycles. The van der Waals surface area contributed by atoms with Gasteiger partial charge in [-0.3, -0.25) is 14.5 Å². The minimum atomic E-state index is -1.04. The second-order valence-electron chi connectivity index (χ2n) is 9.22. The molecule has 4 rings (SSSR count). The van der Waals surface area contributed by atoms with Crippen LogP contribution in [0.4, 0.5) is 0 Å². The van der Waals surface area contributed by atoms with Gasteiger partial charge in [-0.05, 0) is 32.1 Å². The minimum absolute atomic E-state index is 0.0129. The maximum Gasteiger partial charge on any atom is 0.233 e. The molecule has 30 heavy (non-hydrogen) atoms. The second kappa shape index (κ2) is 9.07. The number of carbonyl (C=O) groups excluding carboxylic acids is 2. The number of aliphatic hydroxyl groups is 2. The normalized spacial score (nSPS) is 38.3. The molecule has 0 aromatic carbocycles. The Morgan fingerprint density at radius 3 is 2.53 bits per heavy atom. The molecule has 1 aliphatic heterocycles. The van der Waals surface area contributed by atoms with Crippen LogP contribution in [0.15, 0.2) is 5.16 Å². The van der Waals surface area contributed by atoms with Crippen molar-refractivity contribution in [2.75, 3.05) is 6.61 Å². The van der Waals surface area contributed by atoms with Crippen LogP contribution in [0.5, 0.6) is 0 Å². The van der Waals surface area contributed by atoms with Crippen molar-refractivity contribution in [2.45, 2.75) is 82.5 Å². The molecule has 3 aliphatic carbocycles. The van der Waals surface area contributed by atoms with Crippen LogP contribution in [0.2, 0.25) is 0 Å². The number of nitrogens with zero attached hydrogens (tertiary/aromatic N) is 2. The summed E-state index contributed by atoms with van der Waals surface area (Å²) in [6.45, 7) is 0.392. The van der Waals surface area contributed by atoms with E-state index in [2.05, 4.69) is 11.1 Å². The average Bonchev–Trinajstić information content (AvgIpc) is 3.01. The molecule has 0 bridgehead atoms. The maximum atomic E-state index is 13.4. The Kier molecular flexibility index (Phi) is 6.45. The number of amides is 2. The Morgan fingerprint density at radius 1 is 1.07 bits per heavy atom. The molecule has 7 heteroatoms. The van der Waals surface area contributed by atoms with E-state index in [0.717, 1.165) is 32.1 Å². The van der Waals surface area contributed by atoms with E-state index in [1.807, 2.05) is 0 Å². The van der Waals surface area contributed by atoms with Crippen molar-refractivity contribution in [3.8, 4) is 12.3 Å². The largest absolute Gasteiger partial charge is 0.396 e. The summed E-state index contributed by atoms with van der Waals surface area (Å²) in [6, 6.07) is -0.0129. The van der Waals surface area contributed by atoms with Crippen LogP contribution in [-0.2, 0) is 14.4 Å². The maximum absolute atomic E-state index is 13.4. The summed E-state index contributed by atoms with van der Waals surface area (Å²) in [4.78, 5) is 33.5. The monoisotopic (exact) mass is 416 g/mol. The van der Waals surface area contributed by atoms with Gasteiger partial charge in [0.15, 0.2) is 0 Å². The minimum Gasteiger partial charge on any atom is -0.396 e. The van der Waals surface area contributed by atoms with Gasteiger partial charge in [0.05, 0.1) is 29.8 Å². The molecule has 7 nitrogen and oxygen atoms in total. The lowest BCUT2D eigenvalue weighted by Crippen LogP contribution is -2.54. The fourth-order valence-corrected chi connectivity index (χ4v) is 6.06. The van der Waals surface area contributed by atoms with Crippen molar-refractivity contribution in [1.29, 1.82) is 0 Å². The third-order valence-corrected chi connectivity index (χ3v) is 7.49. The van der Waals surface area contributed by atoms with Gasteiger partial charge in [0.25, 0.3) is 0 Å². The van der Waals surface area contributed by atoms with E-state index in [0.29, 0.717) is 38.0 Å². The molecule has 4 aliphatic rings. The highest BCUT2D eigenvalue weighted by atomic mass is 16.6. The number of oxime groups is 1. The highest BCUT2D eigenvalue weighted by Gasteiger charge is 2.60. The Morgan fingerprint density at radius 2 is 1.80 bits per heavy atom. The van der Waals surface area contributed by atoms with Crippen LogP contribution in [-0.4, -0.2) is 57.5 Å². The van der Waals surface area contributed by atoms with Gasteiger partial charge in [-0.2, -0.15) is 0 Å². The van der Waals surface area contributed by atoms with Crippen molar-refractivity contribution in [3.05, 3.63) is 0 Å². The predicted molar refractivity (Wildman–Crippen MR) is 110 cm³/mol. The van der Waals surface area contributed by atoms with E-state index in [-0.39, 0.29) is 30.2 Å².